The van der Waals surface area contributed by atoms with Gasteiger partial charge in [-0.1, -0.05) is 186 Å². The number of fused-ring (bicyclic) bond motifs is 7. The minimum atomic E-state index is -1.76. The Morgan fingerprint density at radius 2 is 1.10 bits per heavy atom. The highest BCUT2D eigenvalue weighted by Gasteiger charge is 2.61. The quantitative estimate of drug-likeness (QED) is 0.154. The molecular weight excluding hydrogens is 874 g/mol. The number of rotatable bonds is 6. The molecule has 4 aliphatic rings. The van der Waals surface area contributed by atoms with E-state index in [0.717, 1.165) is 17.1 Å². The second-order valence-corrected chi connectivity index (χ2v) is 31.4. The lowest BCUT2D eigenvalue weighted by Crippen LogP contribution is -2.65. The van der Waals surface area contributed by atoms with E-state index >= 15 is 0 Å². The first-order valence-corrected chi connectivity index (χ1v) is 30.2. The van der Waals surface area contributed by atoms with Gasteiger partial charge in [-0.05, 0) is 153 Å². The molecule has 0 radical (unpaired) electrons. The molecule has 0 aromatic heterocycles. The molecule has 1 fully saturated rings. The average molecular weight is 950 g/mol. The Hall–Kier alpha value is -5.78. The standard InChI is InChI=1S/C66H76BN3Si/c1-43-37-58-60-59(38-43)70-61-53(65(11)35-19-20-36-66(65,70)12)41-51(71(13,14)15)42-55(61)67(60)54-33-32-50(40-57(54)69(58)56-34-27-47(64(8,9)10)39-52(56)44-21-17-16-18-22-44)68(48-28-23-45(24-29-48)62(2,3)4)49-30-25-46(26-31-49)63(5,6)7/h16-18,21-34,37-42H,19-20,35-36H2,1-15H3. The highest BCUT2D eigenvalue weighted by Crippen LogP contribution is 2.62. The molecule has 0 bridgehead atoms. The van der Waals surface area contributed by atoms with Crippen LogP contribution in [0.3, 0.4) is 0 Å². The lowest BCUT2D eigenvalue weighted by molar-refractivity contribution is 0.195. The van der Waals surface area contributed by atoms with Crippen molar-refractivity contribution in [2.24, 2.45) is 0 Å². The molecule has 11 rings (SSSR count). The van der Waals surface area contributed by atoms with E-state index in [1.54, 1.807) is 10.8 Å². The Labute approximate surface area is 428 Å². The molecule has 0 amide bonds. The van der Waals surface area contributed by atoms with Gasteiger partial charge in [0.2, 0.25) is 0 Å². The molecule has 7 aromatic carbocycles. The number of anilines is 8. The van der Waals surface area contributed by atoms with Crippen molar-refractivity contribution >= 4 is 81.9 Å². The van der Waals surface area contributed by atoms with Crippen LogP contribution in [0.2, 0.25) is 19.6 Å². The molecule has 3 aliphatic heterocycles. The molecule has 2 unspecified atom stereocenters. The summed E-state index contributed by atoms with van der Waals surface area (Å²) in [5, 5.41) is 1.58. The normalized spacial score (nSPS) is 19.3. The summed E-state index contributed by atoms with van der Waals surface area (Å²) >= 11 is 0. The summed E-state index contributed by atoms with van der Waals surface area (Å²) in [6.45, 7) is 36.2. The summed E-state index contributed by atoms with van der Waals surface area (Å²) in [5.74, 6) is 0. The molecule has 5 heteroatoms. The van der Waals surface area contributed by atoms with Crippen molar-refractivity contribution in [3.8, 4) is 11.1 Å². The molecule has 1 saturated carbocycles. The Morgan fingerprint density at radius 1 is 0.535 bits per heavy atom. The van der Waals surface area contributed by atoms with Crippen LogP contribution in [-0.4, -0.2) is 20.3 Å². The molecule has 0 spiro atoms. The fourth-order valence-corrected chi connectivity index (χ4v) is 14.2. The van der Waals surface area contributed by atoms with E-state index in [4.69, 9.17) is 0 Å². The molecule has 362 valence electrons. The van der Waals surface area contributed by atoms with Gasteiger partial charge in [0, 0.05) is 50.8 Å². The van der Waals surface area contributed by atoms with Gasteiger partial charge in [-0.15, -0.1) is 0 Å². The smallest absolute Gasteiger partial charge is 0.252 e. The number of hydrogen-bond acceptors (Lipinski definition) is 3. The third kappa shape index (κ3) is 7.49. The van der Waals surface area contributed by atoms with Crippen molar-refractivity contribution in [2.75, 3.05) is 14.7 Å². The summed E-state index contributed by atoms with van der Waals surface area (Å²) in [6, 6.07) is 55.1. The SMILES string of the molecule is Cc1cc2c3c(c1)N1c4c(cc([Si](C)(C)C)cc4C4(C)CCCCC14C)B3c1ccc(N(c3ccc(C(C)(C)C)cc3)c3ccc(C(C)(C)C)cc3)cc1N2c1ccc(C(C)(C)C)cc1-c1ccccc1. The topological polar surface area (TPSA) is 9.72 Å². The first-order chi connectivity index (χ1) is 33.4. The summed E-state index contributed by atoms with van der Waals surface area (Å²) in [6.07, 6.45) is 4.95. The molecule has 0 N–H and O–H groups in total. The number of aryl methyl sites for hydroxylation is 1. The largest absolute Gasteiger partial charge is 0.335 e. The second-order valence-electron chi connectivity index (χ2n) is 26.4. The molecular formula is C66H76BN3Si. The van der Waals surface area contributed by atoms with Crippen molar-refractivity contribution < 1.29 is 0 Å². The van der Waals surface area contributed by atoms with Gasteiger partial charge < -0.3 is 14.7 Å². The summed E-state index contributed by atoms with van der Waals surface area (Å²) in [5.41, 5.74) is 23.8. The van der Waals surface area contributed by atoms with Crippen LogP contribution >= 0.6 is 0 Å². The minimum absolute atomic E-state index is 0.0262. The van der Waals surface area contributed by atoms with Gasteiger partial charge in [-0.25, -0.2) is 0 Å². The minimum Gasteiger partial charge on any atom is -0.335 e. The monoisotopic (exact) mass is 950 g/mol. The Balaban J connectivity index is 1.24. The maximum atomic E-state index is 2.90. The van der Waals surface area contributed by atoms with Gasteiger partial charge in [0.1, 0.15) is 0 Å². The van der Waals surface area contributed by atoms with Gasteiger partial charge in [0.15, 0.2) is 0 Å². The van der Waals surface area contributed by atoms with Crippen molar-refractivity contribution in [2.45, 2.75) is 156 Å². The zero-order valence-electron chi connectivity index (χ0n) is 45.5. The average Bonchev–Trinajstić information content (AvgIpc) is 3.53. The third-order valence-corrected chi connectivity index (χ3v) is 19.5. The Kier molecular flexibility index (Phi) is 10.8. The fraction of sp³-hybridized carbons (Fsp3) is 0.364. The van der Waals surface area contributed by atoms with E-state index in [1.807, 2.05) is 0 Å². The van der Waals surface area contributed by atoms with Crippen LogP contribution in [0.5, 0.6) is 0 Å². The van der Waals surface area contributed by atoms with E-state index in [1.165, 1.54) is 104 Å². The van der Waals surface area contributed by atoms with Crippen LogP contribution in [0.15, 0.2) is 140 Å². The van der Waals surface area contributed by atoms with E-state index in [9.17, 15) is 0 Å². The van der Waals surface area contributed by atoms with Crippen molar-refractivity contribution in [3.63, 3.8) is 0 Å². The zero-order valence-corrected chi connectivity index (χ0v) is 46.5. The molecule has 1 aliphatic carbocycles. The lowest BCUT2D eigenvalue weighted by Gasteiger charge is -2.53. The first-order valence-electron chi connectivity index (χ1n) is 26.7. The zero-order chi connectivity index (χ0) is 50.4. The third-order valence-electron chi connectivity index (χ3n) is 17.5. The number of nitrogens with zero attached hydrogens (tertiary/aromatic N) is 3. The summed E-state index contributed by atoms with van der Waals surface area (Å²) in [4.78, 5) is 8.08. The van der Waals surface area contributed by atoms with Crippen LogP contribution in [0.25, 0.3) is 11.1 Å². The van der Waals surface area contributed by atoms with Crippen LogP contribution in [-0.2, 0) is 21.7 Å². The van der Waals surface area contributed by atoms with Crippen LogP contribution < -0.4 is 36.3 Å². The highest BCUT2D eigenvalue weighted by molar-refractivity contribution is 7.01. The van der Waals surface area contributed by atoms with E-state index in [2.05, 4.69) is 257 Å². The second kappa shape index (κ2) is 16.1. The van der Waals surface area contributed by atoms with Crippen LogP contribution in [0.1, 0.15) is 130 Å². The van der Waals surface area contributed by atoms with E-state index in [0.29, 0.717) is 0 Å². The molecule has 3 heterocycles. The van der Waals surface area contributed by atoms with Gasteiger partial charge in [0.25, 0.3) is 6.71 Å². The summed E-state index contributed by atoms with van der Waals surface area (Å²) < 4.78 is 0. The molecule has 2 atom stereocenters. The molecule has 7 aromatic rings. The first kappa shape index (κ1) is 47.5. The fourth-order valence-electron chi connectivity index (χ4n) is 13.0. The molecule has 3 nitrogen and oxygen atoms in total. The van der Waals surface area contributed by atoms with Crippen molar-refractivity contribution in [1.29, 1.82) is 0 Å². The van der Waals surface area contributed by atoms with Crippen LogP contribution in [0, 0.1) is 6.92 Å². The molecule has 71 heavy (non-hydrogen) atoms. The number of benzene rings is 7. The van der Waals surface area contributed by atoms with Gasteiger partial charge >= 0.3 is 0 Å². The predicted octanol–water partition coefficient (Wildman–Crippen LogP) is 15.9. The summed E-state index contributed by atoms with van der Waals surface area (Å²) in [7, 11) is -1.76. The number of hydrogen-bond donors (Lipinski definition) is 0. The lowest BCUT2D eigenvalue weighted by atomic mass is 9.33. The predicted molar refractivity (Wildman–Crippen MR) is 313 cm³/mol. The Bertz CT molecular complexity index is 3180. The Morgan fingerprint density at radius 3 is 1.69 bits per heavy atom. The van der Waals surface area contributed by atoms with Crippen LogP contribution in [0.4, 0.5) is 45.5 Å². The maximum Gasteiger partial charge on any atom is 0.252 e. The van der Waals surface area contributed by atoms with Gasteiger partial charge in [0.05, 0.1) is 19.3 Å². The highest BCUT2D eigenvalue weighted by atomic mass is 28.3. The molecule has 0 saturated heterocycles. The van der Waals surface area contributed by atoms with Gasteiger partial charge in [-0.2, -0.15) is 0 Å². The van der Waals surface area contributed by atoms with Crippen molar-refractivity contribution in [1.82, 2.24) is 0 Å². The maximum absolute atomic E-state index is 2.90. The van der Waals surface area contributed by atoms with Gasteiger partial charge in [-0.3, -0.25) is 0 Å². The van der Waals surface area contributed by atoms with E-state index < -0.39 is 8.07 Å². The van der Waals surface area contributed by atoms with E-state index in [-0.39, 0.29) is 33.9 Å². The van der Waals surface area contributed by atoms with Crippen molar-refractivity contribution in [3.05, 3.63) is 167 Å².